The highest BCUT2D eigenvalue weighted by molar-refractivity contribution is 6.00. The lowest BCUT2D eigenvalue weighted by atomic mass is 9.86. The van der Waals surface area contributed by atoms with Crippen molar-refractivity contribution in [1.29, 1.82) is 0 Å². The maximum Gasteiger partial charge on any atom is 0.249 e. The zero-order chi connectivity index (χ0) is 22.2. The number of nitrogens with two attached hydrogens (primary N) is 1. The second-order valence-corrected chi connectivity index (χ2v) is 7.60. The predicted molar refractivity (Wildman–Crippen MR) is 121 cm³/mol. The number of fused-ring (bicyclic) bond motifs is 3. The first-order chi connectivity index (χ1) is 15.6. The van der Waals surface area contributed by atoms with Crippen LogP contribution in [-0.2, 0) is 0 Å². The number of halogens is 1. The van der Waals surface area contributed by atoms with Crippen LogP contribution in [0.4, 0.5) is 4.39 Å². The van der Waals surface area contributed by atoms with Crippen LogP contribution in [-0.4, -0.2) is 13.0 Å². The number of hydrogen-bond acceptors (Lipinski definition) is 3. The minimum atomic E-state index is -0.527. The molecule has 4 aromatic rings. The van der Waals surface area contributed by atoms with E-state index in [9.17, 15) is 9.18 Å². The van der Waals surface area contributed by atoms with Crippen molar-refractivity contribution in [3.63, 3.8) is 0 Å². The summed E-state index contributed by atoms with van der Waals surface area (Å²) in [6.07, 6.45) is -0.527. The van der Waals surface area contributed by atoms with Crippen molar-refractivity contribution in [2.75, 3.05) is 7.11 Å². The molecule has 0 aliphatic carbocycles. The first kappa shape index (κ1) is 19.8. The van der Waals surface area contributed by atoms with Gasteiger partial charge in [-0.15, -0.1) is 0 Å². The van der Waals surface area contributed by atoms with Gasteiger partial charge in [-0.05, 0) is 58.7 Å². The van der Waals surface area contributed by atoms with E-state index >= 15 is 0 Å². The Labute approximate surface area is 185 Å². The molecule has 5 rings (SSSR count). The molecule has 1 heterocycles. The number of carbonyl (C=O) groups is 1. The molecule has 0 spiro atoms. The van der Waals surface area contributed by atoms with E-state index in [2.05, 4.69) is 0 Å². The Bertz CT molecular complexity index is 1350. The van der Waals surface area contributed by atoms with Gasteiger partial charge < -0.3 is 15.2 Å². The predicted octanol–water partition coefficient (Wildman–Crippen LogP) is 5.75. The second kappa shape index (κ2) is 7.85. The summed E-state index contributed by atoms with van der Waals surface area (Å²) in [4.78, 5) is 12.0. The molecule has 1 aliphatic rings. The maximum absolute atomic E-state index is 14.1. The molecule has 0 saturated carbocycles. The van der Waals surface area contributed by atoms with E-state index in [0.29, 0.717) is 22.6 Å². The van der Waals surface area contributed by atoms with E-state index in [1.807, 2.05) is 54.6 Å². The van der Waals surface area contributed by atoms with Crippen LogP contribution in [0.3, 0.4) is 0 Å². The molecule has 0 fully saturated rings. The van der Waals surface area contributed by atoms with Crippen LogP contribution in [0.5, 0.6) is 11.5 Å². The van der Waals surface area contributed by atoms with Gasteiger partial charge in [-0.1, -0.05) is 48.5 Å². The van der Waals surface area contributed by atoms with E-state index in [1.165, 1.54) is 12.1 Å². The number of benzene rings is 4. The summed E-state index contributed by atoms with van der Waals surface area (Å²) >= 11 is 0. The lowest BCUT2D eigenvalue weighted by Crippen LogP contribution is -2.16. The van der Waals surface area contributed by atoms with Gasteiger partial charge in [0, 0.05) is 11.1 Å². The highest BCUT2D eigenvalue weighted by Crippen LogP contribution is 2.49. The third-order valence-electron chi connectivity index (χ3n) is 5.71. The van der Waals surface area contributed by atoms with Crippen LogP contribution in [0, 0.1) is 5.82 Å². The van der Waals surface area contributed by atoms with Gasteiger partial charge in [0.15, 0.2) is 0 Å². The van der Waals surface area contributed by atoms with E-state index in [1.54, 1.807) is 25.3 Å². The molecule has 158 valence electrons. The highest BCUT2D eigenvalue weighted by atomic mass is 19.1. The summed E-state index contributed by atoms with van der Waals surface area (Å²) in [7, 11) is 1.62. The zero-order valence-corrected chi connectivity index (χ0v) is 17.3. The minimum absolute atomic E-state index is 0.334. The summed E-state index contributed by atoms with van der Waals surface area (Å²) in [6.45, 7) is 0. The quantitative estimate of drug-likeness (QED) is 0.453. The average molecular weight is 425 g/mol. The fraction of sp³-hybridized carbons (Fsp3) is 0.0741. The number of amides is 1. The van der Waals surface area contributed by atoms with Gasteiger partial charge in [0.2, 0.25) is 5.91 Å². The number of ether oxygens (including phenoxy) is 2. The molecule has 0 aromatic heterocycles. The van der Waals surface area contributed by atoms with Crippen LogP contribution in [0.1, 0.15) is 27.6 Å². The molecular formula is C27H20FNO3. The van der Waals surface area contributed by atoms with Crippen molar-refractivity contribution < 1.29 is 18.7 Å². The first-order valence-corrected chi connectivity index (χ1v) is 10.2. The smallest absolute Gasteiger partial charge is 0.249 e. The second-order valence-electron chi connectivity index (χ2n) is 7.60. The normalized spacial score (nSPS) is 14.1. The number of methoxy groups -OCH3 is 1. The molecular weight excluding hydrogens is 405 g/mol. The molecule has 1 unspecified atom stereocenters. The van der Waals surface area contributed by atoms with Gasteiger partial charge in [0.05, 0.1) is 12.7 Å². The maximum atomic E-state index is 14.1. The topological polar surface area (TPSA) is 61.5 Å². The number of carbonyl (C=O) groups excluding carboxylic acids is 1. The molecule has 0 bridgehead atoms. The third-order valence-corrected chi connectivity index (χ3v) is 5.71. The standard InChI is InChI=1S/C27H20FNO3/c1-31-23-10-5-11-24-25(23)20-13-12-16(19-8-2-3-9-21(19)27(29)30)15-22(20)26(32-24)17-6-4-7-18(28)14-17/h2-15,26H,1H3,(H2,29,30). The minimum Gasteiger partial charge on any atom is -0.496 e. The van der Waals surface area contributed by atoms with Crippen molar-refractivity contribution in [1.82, 2.24) is 0 Å². The van der Waals surface area contributed by atoms with Crippen molar-refractivity contribution in [2.45, 2.75) is 6.10 Å². The van der Waals surface area contributed by atoms with Gasteiger partial charge in [-0.2, -0.15) is 0 Å². The van der Waals surface area contributed by atoms with Gasteiger partial charge in [0.25, 0.3) is 0 Å². The monoisotopic (exact) mass is 425 g/mol. The van der Waals surface area contributed by atoms with Crippen molar-refractivity contribution in [2.24, 2.45) is 5.73 Å². The van der Waals surface area contributed by atoms with E-state index in [4.69, 9.17) is 15.2 Å². The first-order valence-electron chi connectivity index (χ1n) is 10.2. The fourth-order valence-corrected chi connectivity index (χ4v) is 4.28. The molecule has 4 aromatic carbocycles. The van der Waals surface area contributed by atoms with E-state index in [0.717, 1.165) is 27.8 Å². The van der Waals surface area contributed by atoms with Crippen molar-refractivity contribution in [3.05, 3.63) is 107 Å². The van der Waals surface area contributed by atoms with Crippen LogP contribution >= 0.6 is 0 Å². The van der Waals surface area contributed by atoms with E-state index < -0.39 is 12.0 Å². The summed E-state index contributed by atoms with van der Waals surface area (Å²) in [5, 5.41) is 0. The summed E-state index contributed by atoms with van der Waals surface area (Å²) in [5.41, 5.74) is 10.9. The van der Waals surface area contributed by atoms with Crippen LogP contribution in [0.15, 0.2) is 84.9 Å². The molecule has 1 aliphatic heterocycles. The molecule has 2 N–H and O–H groups in total. The van der Waals surface area contributed by atoms with Crippen LogP contribution in [0.25, 0.3) is 22.3 Å². The number of primary amides is 1. The highest BCUT2D eigenvalue weighted by Gasteiger charge is 2.30. The van der Waals surface area contributed by atoms with Gasteiger partial charge in [-0.3, -0.25) is 4.79 Å². The Balaban J connectivity index is 1.76. The zero-order valence-electron chi connectivity index (χ0n) is 17.3. The van der Waals surface area contributed by atoms with Crippen LogP contribution < -0.4 is 15.2 Å². The molecule has 0 saturated heterocycles. The largest absolute Gasteiger partial charge is 0.496 e. The summed E-state index contributed by atoms with van der Waals surface area (Å²) in [6, 6.07) is 25.1. The third kappa shape index (κ3) is 3.28. The summed E-state index contributed by atoms with van der Waals surface area (Å²) in [5.74, 6) is 0.519. The lowest BCUT2D eigenvalue weighted by Gasteiger charge is -2.30. The van der Waals surface area contributed by atoms with Crippen LogP contribution in [0.2, 0.25) is 0 Å². The fourth-order valence-electron chi connectivity index (χ4n) is 4.28. The Morgan fingerprint density at radius 1 is 0.938 bits per heavy atom. The van der Waals surface area contributed by atoms with Crippen molar-refractivity contribution >= 4 is 5.91 Å². The van der Waals surface area contributed by atoms with Crippen molar-refractivity contribution in [3.8, 4) is 33.8 Å². The Morgan fingerprint density at radius 3 is 2.53 bits per heavy atom. The average Bonchev–Trinajstić information content (AvgIpc) is 2.82. The Hall–Kier alpha value is -4.12. The molecule has 5 heteroatoms. The molecule has 32 heavy (non-hydrogen) atoms. The Morgan fingerprint density at radius 2 is 1.75 bits per heavy atom. The Kier molecular flexibility index (Phi) is 4.86. The molecule has 1 atom stereocenters. The number of rotatable bonds is 4. The van der Waals surface area contributed by atoms with Gasteiger partial charge in [0.1, 0.15) is 23.4 Å². The van der Waals surface area contributed by atoms with E-state index in [-0.39, 0.29) is 5.82 Å². The SMILES string of the molecule is COc1cccc2c1-c1ccc(-c3ccccc3C(N)=O)cc1C(c1cccc(F)c1)O2. The molecule has 0 radical (unpaired) electrons. The molecule has 1 amide bonds. The lowest BCUT2D eigenvalue weighted by molar-refractivity contribution is 0.100. The molecule has 4 nitrogen and oxygen atoms in total. The van der Waals surface area contributed by atoms with Gasteiger partial charge >= 0.3 is 0 Å². The van der Waals surface area contributed by atoms with Gasteiger partial charge in [-0.25, -0.2) is 4.39 Å². The number of hydrogen-bond donors (Lipinski definition) is 1. The summed E-state index contributed by atoms with van der Waals surface area (Å²) < 4.78 is 26.0.